The second-order valence-electron chi connectivity index (χ2n) is 17.7. The molecule has 0 saturated heterocycles. The van der Waals surface area contributed by atoms with Gasteiger partial charge in [-0.25, -0.2) is 0 Å². The first-order valence-electron chi connectivity index (χ1n) is 21.4. The van der Waals surface area contributed by atoms with Crippen LogP contribution in [-0.4, -0.2) is 4.57 Å². The summed E-state index contributed by atoms with van der Waals surface area (Å²) in [4.78, 5) is 2.50. The summed E-state index contributed by atoms with van der Waals surface area (Å²) in [5.74, 6) is 3.39. The summed E-state index contributed by atoms with van der Waals surface area (Å²) >= 11 is 0. The van der Waals surface area contributed by atoms with E-state index in [1.54, 1.807) is 11.1 Å². The Morgan fingerprint density at radius 3 is 1.69 bits per heavy atom. The molecule has 2 heteroatoms. The van der Waals surface area contributed by atoms with E-state index in [2.05, 4.69) is 191 Å². The van der Waals surface area contributed by atoms with Crippen LogP contribution in [0.4, 0.5) is 17.1 Å². The van der Waals surface area contributed by atoms with Crippen LogP contribution < -0.4 is 4.90 Å². The van der Waals surface area contributed by atoms with Crippen LogP contribution in [0, 0.1) is 23.7 Å². The van der Waals surface area contributed by atoms with Crippen molar-refractivity contribution < 1.29 is 0 Å². The van der Waals surface area contributed by atoms with Gasteiger partial charge in [0, 0.05) is 38.6 Å². The van der Waals surface area contributed by atoms with Crippen LogP contribution in [-0.2, 0) is 5.41 Å². The predicted molar refractivity (Wildman–Crippen MR) is 242 cm³/mol. The second kappa shape index (κ2) is 12.3. The largest absolute Gasteiger partial charge is 0.310 e. The van der Waals surface area contributed by atoms with Gasteiger partial charge in [-0.15, -0.1) is 0 Å². The van der Waals surface area contributed by atoms with E-state index in [1.807, 2.05) is 0 Å². The molecule has 2 nitrogen and oxygen atoms in total. The number of aromatic nitrogens is 1. The number of hydrogen-bond donors (Lipinski definition) is 0. The summed E-state index contributed by atoms with van der Waals surface area (Å²) in [6.45, 7) is 0. The van der Waals surface area contributed by atoms with Crippen LogP contribution in [0.3, 0.4) is 0 Å². The minimum Gasteiger partial charge on any atom is -0.310 e. The number of nitrogens with zero attached hydrogens (tertiary/aromatic N) is 2. The molecule has 0 atom stereocenters. The molecule has 4 fully saturated rings. The fourth-order valence-electron chi connectivity index (χ4n) is 12.9. The van der Waals surface area contributed by atoms with E-state index in [9.17, 15) is 0 Å². The van der Waals surface area contributed by atoms with Crippen molar-refractivity contribution in [1.29, 1.82) is 0 Å². The van der Waals surface area contributed by atoms with Crippen molar-refractivity contribution in [3.05, 3.63) is 193 Å². The standard InChI is InChI=1S/C56H44N2/c1-2-12-46-40(10-1)11-9-19-53(46)57(45-28-29-52-50(35-45)47-13-3-6-16-51(47)56(52)41-31-36-30-37(33-41)34-42(56)32-36)43-24-20-38(21-25-43)39-22-26-44(27-23-39)58-54-17-7-4-14-48(54)49-15-5-8-18-55(49)58/h1-29,35-37,41-42H,30-34H2. The lowest BCUT2D eigenvalue weighted by Crippen LogP contribution is -2.55. The van der Waals surface area contributed by atoms with Crippen molar-refractivity contribution >= 4 is 49.6 Å². The van der Waals surface area contributed by atoms with Gasteiger partial charge in [-0.1, -0.05) is 127 Å². The summed E-state index contributed by atoms with van der Waals surface area (Å²) in [6, 6.07) is 68.4. The smallest absolute Gasteiger partial charge is 0.0541 e. The summed E-state index contributed by atoms with van der Waals surface area (Å²) in [5, 5.41) is 5.08. The van der Waals surface area contributed by atoms with Crippen molar-refractivity contribution in [2.75, 3.05) is 4.90 Å². The maximum absolute atomic E-state index is 2.55. The first kappa shape index (κ1) is 32.7. The molecule has 1 spiro atoms. The maximum Gasteiger partial charge on any atom is 0.0541 e. The Morgan fingerprint density at radius 2 is 0.983 bits per heavy atom. The Balaban J connectivity index is 0.916. The van der Waals surface area contributed by atoms with E-state index in [0.29, 0.717) is 0 Å². The molecule has 0 unspecified atom stereocenters. The van der Waals surface area contributed by atoms with Gasteiger partial charge in [-0.05, 0) is 149 Å². The van der Waals surface area contributed by atoms with Crippen LogP contribution in [0.5, 0.6) is 0 Å². The first-order chi connectivity index (χ1) is 28.7. The number of anilines is 3. The normalized spacial score (nSPS) is 22.6. The zero-order chi connectivity index (χ0) is 38.0. The fourth-order valence-corrected chi connectivity index (χ4v) is 12.9. The Morgan fingerprint density at radius 1 is 0.431 bits per heavy atom. The Kier molecular flexibility index (Phi) is 6.94. The zero-order valence-electron chi connectivity index (χ0n) is 32.6. The highest BCUT2D eigenvalue weighted by Gasteiger charge is 2.61. The van der Waals surface area contributed by atoms with Gasteiger partial charge in [-0.3, -0.25) is 0 Å². The first-order valence-corrected chi connectivity index (χ1v) is 21.4. The number of para-hydroxylation sites is 2. The van der Waals surface area contributed by atoms with Crippen molar-refractivity contribution in [2.45, 2.75) is 37.5 Å². The molecule has 14 rings (SSSR count). The molecule has 4 saturated carbocycles. The lowest BCUT2D eigenvalue weighted by Gasteiger charge is -2.61. The SMILES string of the molecule is c1ccc2c(c1)-c1cc(N(c3ccc(-c4ccc(-n5c6ccccc6c6ccccc65)cc4)cc3)c3cccc4ccccc34)ccc1C21C2CC3CC(C2)CC1C3. The number of hydrogen-bond acceptors (Lipinski definition) is 1. The molecule has 278 valence electrons. The molecule has 8 aromatic carbocycles. The highest BCUT2D eigenvalue weighted by atomic mass is 15.1. The second-order valence-corrected chi connectivity index (χ2v) is 17.7. The quantitative estimate of drug-likeness (QED) is 0.170. The molecule has 5 aliphatic rings. The van der Waals surface area contributed by atoms with Gasteiger partial charge < -0.3 is 9.47 Å². The van der Waals surface area contributed by atoms with E-state index in [1.165, 1.54) is 104 Å². The molecule has 5 aliphatic carbocycles. The van der Waals surface area contributed by atoms with Crippen molar-refractivity contribution in [3.8, 4) is 27.9 Å². The molecule has 58 heavy (non-hydrogen) atoms. The predicted octanol–water partition coefficient (Wildman–Crippen LogP) is 14.8. The van der Waals surface area contributed by atoms with Crippen LogP contribution in [0.15, 0.2) is 182 Å². The van der Waals surface area contributed by atoms with Crippen LogP contribution in [0.2, 0.25) is 0 Å². The number of fused-ring (bicyclic) bond motifs is 7. The van der Waals surface area contributed by atoms with E-state index in [0.717, 1.165) is 29.4 Å². The summed E-state index contributed by atoms with van der Waals surface area (Å²) in [7, 11) is 0. The highest BCUT2D eigenvalue weighted by Crippen LogP contribution is 2.69. The average molecular weight is 745 g/mol. The summed E-state index contributed by atoms with van der Waals surface area (Å²) in [6.07, 6.45) is 7.09. The van der Waals surface area contributed by atoms with Crippen LogP contribution in [0.1, 0.15) is 43.2 Å². The van der Waals surface area contributed by atoms with Gasteiger partial charge in [0.2, 0.25) is 0 Å². The minimum atomic E-state index is 0.168. The van der Waals surface area contributed by atoms with Gasteiger partial charge in [-0.2, -0.15) is 0 Å². The van der Waals surface area contributed by atoms with Gasteiger partial charge in [0.25, 0.3) is 0 Å². The van der Waals surface area contributed by atoms with Crippen molar-refractivity contribution in [3.63, 3.8) is 0 Å². The minimum absolute atomic E-state index is 0.168. The molecular formula is C56H44N2. The van der Waals surface area contributed by atoms with Crippen molar-refractivity contribution in [1.82, 2.24) is 4.57 Å². The fraction of sp³-hybridized carbons (Fsp3) is 0.179. The number of rotatable bonds is 5. The summed E-state index contributed by atoms with van der Waals surface area (Å²) < 4.78 is 2.39. The van der Waals surface area contributed by atoms with E-state index in [-0.39, 0.29) is 5.41 Å². The monoisotopic (exact) mass is 744 g/mol. The Hall–Kier alpha value is -6.38. The van der Waals surface area contributed by atoms with E-state index < -0.39 is 0 Å². The number of benzene rings is 8. The molecule has 1 aromatic heterocycles. The van der Waals surface area contributed by atoms with Crippen LogP contribution in [0.25, 0.3) is 60.5 Å². The molecule has 0 N–H and O–H groups in total. The molecule has 1 heterocycles. The van der Waals surface area contributed by atoms with Gasteiger partial charge >= 0.3 is 0 Å². The molecule has 0 radical (unpaired) electrons. The Bertz CT molecular complexity index is 2990. The molecule has 9 aromatic rings. The molecular weight excluding hydrogens is 701 g/mol. The molecule has 0 amide bonds. The lowest BCUT2D eigenvalue weighted by molar-refractivity contribution is -0.0399. The topological polar surface area (TPSA) is 8.17 Å². The Labute approximate surface area is 340 Å². The third-order valence-electron chi connectivity index (χ3n) is 15.0. The highest BCUT2D eigenvalue weighted by molar-refractivity contribution is 6.09. The van der Waals surface area contributed by atoms with E-state index in [4.69, 9.17) is 0 Å². The lowest BCUT2D eigenvalue weighted by atomic mass is 9.43. The summed E-state index contributed by atoms with van der Waals surface area (Å²) in [5.41, 5.74) is 15.9. The third kappa shape index (κ3) is 4.55. The van der Waals surface area contributed by atoms with Gasteiger partial charge in [0.1, 0.15) is 0 Å². The van der Waals surface area contributed by atoms with Crippen LogP contribution >= 0.6 is 0 Å². The third-order valence-corrected chi connectivity index (χ3v) is 15.0. The van der Waals surface area contributed by atoms with Gasteiger partial charge in [0.05, 0.1) is 16.7 Å². The maximum atomic E-state index is 2.55. The average Bonchev–Trinajstić information content (AvgIpc) is 3.76. The van der Waals surface area contributed by atoms with Gasteiger partial charge in [0.15, 0.2) is 0 Å². The zero-order valence-corrected chi connectivity index (χ0v) is 32.6. The van der Waals surface area contributed by atoms with Crippen molar-refractivity contribution in [2.24, 2.45) is 23.7 Å². The molecule has 4 bridgehead atoms. The molecule has 0 aliphatic heterocycles. The van der Waals surface area contributed by atoms with E-state index >= 15 is 0 Å².